The Bertz CT molecular complexity index is 1160. The van der Waals surface area contributed by atoms with E-state index in [4.69, 9.17) is 27.9 Å². The Kier molecular flexibility index (Phi) is 7.70. The molecule has 1 fully saturated rings. The number of benzene rings is 2. The summed E-state index contributed by atoms with van der Waals surface area (Å²) >= 11 is 13.3. The van der Waals surface area contributed by atoms with Gasteiger partial charge in [0, 0.05) is 11.6 Å². The zero-order chi connectivity index (χ0) is 23.4. The van der Waals surface area contributed by atoms with E-state index >= 15 is 0 Å². The van der Waals surface area contributed by atoms with Gasteiger partial charge in [0.2, 0.25) is 11.8 Å². The summed E-state index contributed by atoms with van der Waals surface area (Å²) in [5.41, 5.74) is 1.44. The SMILES string of the molecule is CCOc1ccc2nc(NC(=O)C3CCN(CC(=O)Nc4ccc(Cl)c(Cl)c4)CC3)sc2c1. The lowest BCUT2D eigenvalue weighted by Gasteiger charge is -2.30. The average Bonchev–Trinajstić information content (AvgIpc) is 3.18. The Morgan fingerprint density at radius 2 is 1.91 bits per heavy atom. The van der Waals surface area contributed by atoms with Crippen LogP contribution in [-0.4, -0.2) is 47.9 Å². The Morgan fingerprint density at radius 3 is 2.64 bits per heavy atom. The molecule has 3 aromatic rings. The number of carbonyl (C=O) groups excluding carboxylic acids is 2. The number of nitrogens with one attached hydrogen (secondary N) is 2. The maximum Gasteiger partial charge on any atom is 0.238 e. The fraction of sp³-hybridized carbons (Fsp3) is 0.348. The summed E-state index contributed by atoms with van der Waals surface area (Å²) in [4.78, 5) is 31.7. The number of anilines is 2. The van der Waals surface area contributed by atoms with Crippen molar-refractivity contribution in [3.63, 3.8) is 0 Å². The molecule has 0 bridgehead atoms. The van der Waals surface area contributed by atoms with Crippen molar-refractivity contribution in [3.05, 3.63) is 46.4 Å². The molecule has 2 aromatic carbocycles. The van der Waals surface area contributed by atoms with Crippen molar-refractivity contribution in [2.75, 3.05) is 36.9 Å². The molecule has 0 spiro atoms. The van der Waals surface area contributed by atoms with E-state index in [1.807, 2.05) is 30.0 Å². The first-order valence-corrected chi connectivity index (χ1v) is 12.3. The van der Waals surface area contributed by atoms with E-state index in [9.17, 15) is 9.59 Å². The van der Waals surface area contributed by atoms with Crippen LogP contribution in [0.25, 0.3) is 10.2 Å². The van der Waals surface area contributed by atoms with Crippen LogP contribution < -0.4 is 15.4 Å². The number of piperidine rings is 1. The first kappa shape index (κ1) is 23.8. The number of fused-ring (bicyclic) bond motifs is 1. The molecule has 0 atom stereocenters. The number of hydrogen-bond acceptors (Lipinski definition) is 6. The molecule has 1 saturated heterocycles. The van der Waals surface area contributed by atoms with Crippen molar-refractivity contribution in [2.45, 2.75) is 19.8 Å². The van der Waals surface area contributed by atoms with Gasteiger partial charge in [0.05, 0.1) is 33.4 Å². The maximum absolute atomic E-state index is 12.8. The number of hydrogen-bond donors (Lipinski definition) is 2. The van der Waals surface area contributed by atoms with Crippen LogP contribution in [0.3, 0.4) is 0 Å². The topological polar surface area (TPSA) is 83.6 Å². The highest BCUT2D eigenvalue weighted by molar-refractivity contribution is 7.22. The molecule has 0 unspecified atom stereocenters. The largest absolute Gasteiger partial charge is 0.494 e. The van der Waals surface area contributed by atoms with Gasteiger partial charge < -0.3 is 15.4 Å². The third kappa shape index (κ3) is 6.14. The molecule has 2 heterocycles. The minimum atomic E-state index is -0.128. The van der Waals surface area contributed by atoms with E-state index in [0.29, 0.717) is 53.4 Å². The predicted octanol–water partition coefficient (Wildman–Crippen LogP) is 5.29. The summed E-state index contributed by atoms with van der Waals surface area (Å²) < 4.78 is 6.50. The molecule has 10 heteroatoms. The lowest BCUT2D eigenvalue weighted by atomic mass is 9.96. The molecule has 0 saturated carbocycles. The summed E-state index contributed by atoms with van der Waals surface area (Å²) in [6.07, 6.45) is 1.37. The molecule has 33 heavy (non-hydrogen) atoms. The number of nitrogens with zero attached hydrogens (tertiary/aromatic N) is 2. The molecule has 0 aliphatic carbocycles. The molecule has 4 rings (SSSR count). The van der Waals surface area contributed by atoms with Crippen LogP contribution in [0.4, 0.5) is 10.8 Å². The number of ether oxygens (including phenoxy) is 1. The van der Waals surface area contributed by atoms with Crippen molar-refractivity contribution in [1.82, 2.24) is 9.88 Å². The first-order chi connectivity index (χ1) is 15.9. The van der Waals surface area contributed by atoms with Gasteiger partial charge in [-0.25, -0.2) is 4.98 Å². The minimum absolute atomic E-state index is 0.0287. The molecule has 174 valence electrons. The number of carbonyl (C=O) groups is 2. The van der Waals surface area contributed by atoms with Gasteiger partial charge in [-0.1, -0.05) is 34.5 Å². The van der Waals surface area contributed by atoms with Gasteiger partial charge in [0.1, 0.15) is 5.75 Å². The van der Waals surface area contributed by atoms with Gasteiger partial charge in [-0.2, -0.15) is 0 Å². The predicted molar refractivity (Wildman–Crippen MR) is 134 cm³/mol. The number of likely N-dealkylation sites (tertiary alicyclic amines) is 1. The van der Waals surface area contributed by atoms with E-state index in [0.717, 1.165) is 16.0 Å². The molecule has 2 amide bonds. The third-order valence-electron chi connectivity index (χ3n) is 5.43. The molecule has 7 nitrogen and oxygen atoms in total. The lowest BCUT2D eigenvalue weighted by molar-refractivity contribution is -0.121. The van der Waals surface area contributed by atoms with Crippen molar-refractivity contribution in [3.8, 4) is 5.75 Å². The van der Waals surface area contributed by atoms with Crippen molar-refractivity contribution in [1.29, 1.82) is 0 Å². The summed E-state index contributed by atoms with van der Waals surface area (Å²) in [6.45, 7) is 4.14. The van der Waals surface area contributed by atoms with Gasteiger partial charge in [-0.3, -0.25) is 14.5 Å². The van der Waals surface area contributed by atoms with Gasteiger partial charge in [0.25, 0.3) is 0 Å². The molecular formula is C23H24Cl2N4O3S. The fourth-order valence-electron chi connectivity index (χ4n) is 3.75. The highest BCUT2D eigenvalue weighted by atomic mass is 35.5. The van der Waals surface area contributed by atoms with Crippen LogP contribution in [0.5, 0.6) is 5.75 Å². The van der Waals surface area contributed by atoms with Gasteiger partial charge in [-0.05, 0) is 69.3 Å². The Hall–Kier alpha value is -2.39. The second kappa shape index (κ2) is 10.7. The van der Waals surface area contributed by atoms with E-state index < -0.39 is 0 Å². The van der Waals surface area contributed by atoms with E-state index in [-0.39, 0.29) is 24.3 Å². The standard InChI is InChI=1S/C23H24Cl2N4O3S/c1-2-32-16-4-6-19-20(12-16)33-23(27-19)28-22(31)14-7-9-29(10-8-14)13-21(30)26-15-3-5-17(24)18(25)11-15/h3-6,11-12,14H,2,7-10,13H2,1H3,(H,26,30)(H,27,28,31). The molecule has 0 radical (unpaired) electrons. The van der Waals surface area contributed by atoms with E-state index in [2.05, 4.69) is 15.6 Å². The van der Waals surface area contributed by atoms with Crippen LogP contribution in [-0.2, 0) is 9.59 Å². The Balaban J connectivity index is 1.26. The van der Waals surface area contributed by atoms with Crippen LogP contribution in [0.2, 0.25) is 10.0 Å². The molecular weight excluding hydrogens is 483 g/mol. The Morgan fingerprint density at radius 1 is 1.12 bits per heavy atom. The third-order valence-corrected chi connectivity index (χ3v) is 7.10. The van der Waals surface area contributed by atoms with Crippen molar-refractivity contribution >= 4 is 67.4 Å². The zero-order valence-corrected chi connectivity index (χ0v) is 20.4. The first-order valence-electron chi connectivity index (χ1n) is 10.7. The number of amides is 2. The van der Waals surface area contributed by atoms with Crippen LogP contribution in [0.1, 0.15) is 19.8 Å². The average molecular weight is 507 g/mol. The smallest absolute Gasteiger partial charge is 0.238 e. The normalized spacial score (nSPS) is 14.9. The second-order valence-corrected chi connectivity index (χ2v) is 9.64. The van der Waals surface area contributed by atoms with Crippen molar-refractivity contribution in [2.24, 2.45) is 5.92 Å². The van der Waals surface area contributed by atoms with Crippen LogP contribution in [0.15, 0.2) is 36.4 Å². The second-order valence-electron chi connectivity index (χ2n) is 7.80. The molecule has 2 N–H and O–H groups in total. The number of halogens is 2. The van der Waals surface area contributed by atoms with Gasteiger partial charge >= 0.3 is 0 Å². The van der Waals surface area contributed by atoms with E-state index in [1.54, 1.807) is 18.2 Å². The minimum Gasteiger partial charge on any atom is -0.494 e. The maximum atomic E-state index is 12.8. The monoisotopic (exact) mass is 506 g/mol. The summed E-state index contributed by atoms with van der Waals surface area (Å²) in [6, 6.07) is 10.7. The summed E-state index contributed by atoms with van der Waals surface area (Å²) in [5.74, 6) is 0.531. The van der Waals surface area contributed by atoms with Crippen molar-refractivity contribution < 1.29 is 14.3 Å². The number of aromatic nitrogens is 1. The Labute approximate surface area is 206 Å². The quantitative estimate of drug-likeness (QED) is 0.454. The lowest BCUT2D eigenvalue weighted by Crippen LogP contribution is -2.41. The molecule has 1 aliphatic heterocycles. The molecule has 1 aliphatic rings. The van der Waals surface area contributed by atoms with Crippen LogP contribution >= 0.6 is 34.5 Å². The molecule has 1 aromatic heterocycles. The zero-order valence-electron chi connectivity index (χ0n) is 18.1. The fourth-order valence-corrected chi connectivity index (χ4v) is 4.95. The number of rotatable bonds is 7. The highest BCUT2D eigenvalue weighted by Crippen LogP contribution is 2.30. The highest BCUT2D eigenvalue weighted by Gasteiger charge is 2.26. The van der Waals surface area contributed by atoms with Gasteiger partial charge in [0.15, 0.2) is 5.13 Å². The summed E-state index contributed by atoms with van der Waals surface area (Å²) in [5, 5.41) is 7.21. The summed E-state index contributed by atoms with van der Waals surface area (Å²) in [7, 11) is 0. The number of thiazole rings is 1. The van der Waals surface area contributed by atoms with E-state index in [1.165, 1.54) is 11.3 Å². The van der Waals surface area contributed by atoms with Crippen LogP contribution in [0, 0.1) is 5.92 Å². The van der Waals surface area contributed by atoms with Gasteiger partial charge in [-0.15, -0.1) is 0 Å².